The maximum absolute atomic E-state index is 12.4. The molecule has 28 heavy (non-hydrogen) atoms. The fourth-order valence-corrected chi connectivity index (χ4v) is 4.06. The topological polar surface area (TPSA) is 105 Å². The minimum atomic E-state index is -3.58. The highest BCUT2D eigenvalue weighted by Crippen LogP contribution is 2.23. The summed E-state index contributed by atoms with van der Waals surface area (Å²) in [5.41, 5.74) is 1.82. The van der Waals surface area contributed by atoms with E-state index in [4.69, 9.17) is 0 Å². The van der Waals surface area contributed by atoms with E-state index in [2.05, 4.69) is 20.3 Å². The van der Waals surface area contributed by atoms with Gasteiger partial charge in [-0.2, -0.15) is 0 Å². The molecule has 0 unspecified atom stereocenters. The molecule has 3 aromatic rings. The van der Waals surface area contributed by atoms with E-state index in [1.807, 2.05) is 0 Å². The Balaban J connectivity index is 1.74. The van der Waals surface area contributed by atoms with Crippen LogP contribution >= 0.6 is 11.3 Å². The molecule has 0 saturated heterocycles. The second kappa shape index (κ2) is 8.13. The second-order valence-corrected chi connectivity index (χ2v) is 9.22. The molecule has 1 N–H and O–H groups in total. The molecule has 0 saturated carbocycles. The highest BCUT2D eigenvalue weighted by atomic mass is 32.2. The highest BCUT2D eigenvalue weighted by Gasteiger charge is 2.19. The van der Waals surface area contributed by atoms with Crippen molar-refractivity contribution in [3.63, 3.8) is 0 Å². The van der Waals surface area contributed by atoms with Crippen LogP contribution in [0.1, 0.15) is 11.3 Å². The van der Waals surface area contributed by atoms with Gasteiger partial charge in [0.2, 0.25) is 15.9 Å². The van der Waals surface area contributed by atoms with Gasteiger partial charge in [-0.3, -0.25) is 4.79 Å². The quantitative estimate of drug-likeness (QED) is 0.660. The molecule has 1 aromatic carbocycles. The maximum atomic E-state index is 12.4. The molecule has 2 heterocycles. The smallest absolute Gasteiger partial charge is 0.242 e. The molecular formula is C18H19N5O3S2. The van der Waals surface area contributed by atoms with Crippen LogP contribution in [0.3, 0.4) is 0 Å². The number of amides is 1. The van der Waals surface area contributed by atoms with E-state index in [1.54, 1.807) is 36.8 Å². The molecule has 1 amide bonds. The van der Waals surface area contributed by atoms with Gasteiger partial charge in [0, 0.05) is 37.6 Å². The van der Waals surface area contributed by atoms with Crippen molar-refractivity contribution < 1.29 is 13.2 Å². The molecule has 0 aliphatic rings. The molecular weight excluding hydrogens is 398 g/mol. The Labute approximate surface area is 167 Å². The van der Waals surface area contributed by atoms with Crippen LogP contribution in [-0.4, -0.2) is 47.7 Å². The molecule has 0 radical (unpaired) electrons. The number of thiazole rings is 1. The van der Waals surface area contributed by atoms with Crippen molar-refractivity contribution in [1.82, 2.24) is 19.3 Å². The number of hydrogen-bond acceptors (Lipinski definition) is 7. The minimum Gasteiger partial charge on any atom is -0.325 e. The lowest BCUT2D eigenvalue weighted by Gasteiger charge is -2.14. The largest absolute Gasteiger partial charge is 0.325 e. The Hall–Kier alpha value is -2.69. The van der Waals surface area contributed by atoms with E-state index in [-0.39, 0.29) is 17.2 Å². The Bertz CT molecular complexity index is 1100. The van der Waals surface area contributed by atoms with E-state index < -0.39 is 10.0 Å². The standard InChI is InChI=1S/C18H19N5O3S2/c1-12-5-6-14(28(25,26)23(2)3)10-15(12)22-16(24)9-13-11-27-18(21-13)17-19-7-4-8-20-17/h4-8,10-11H,9H2,1-3H3,(H,22,24). The summed E-state index contributed by atoms with van der Waals surface area (Å²) in [5, 5.41) is 5.19. The third kappa shape index (κ3) is 4.41. The van der Waals surface area contributed by atoms with Gasteiger partial charge in [-0.05, 0) is 30.7 Å². The number of sulfonamides is 1. The lowest BCUT2D eigenvalue weighted by molar-refractivity contribution is -0.115. The molecule has 8 nitrogen and oxygen atoms in total. The number of rotatable bonds is 6. The number of aryl methyl sites for hydroxylation is 1. The summed E-state index contributed by atoms with van der Waals surface area (Å²) >= 11 is 1.36. The Kier molecular flexibility index (Phi) is 5.82. The molecule has 3 rings (SSSR count). The van der Waals surface area contributed by atoms with Crippen LogP contribution in [0.15, 0.2) is 46.9 Å². The predicted octanol–water partition coefficient (Wildman–Crippen LogP) is 2.34. The lowest BCUT2D eigenvalue weighted by Crippen LogP contribution is -2.22. The second-order valence-electron chi connectivity index (χ2n) is 6.21. The summed E-state index contributed by atoms with van der Waals surface area (Å²) in [6.45, 7) is 1.80. The van der Waals surface area contributed by atoms with Gasteiger partial charge in [-0.1, -0.05) is 6.07 Å². The number of carbonyl (C=O) groups is 1. The van der Waals surface area contributed by atoms with E-state index in [1.165, 1.54) is 37.6 Å². The van der Waals surface area contributed by atoms with Crippen molar-refractivity contribution in [2.45, 2.75) is 18.2 Å². The average molecular weight is 418 g/mol. The minimum absolute atomic E-state index is 0.0629. The molecule has 10 heteroatoms. The van der Waals surface area contributed by atoms with E-state index in [0.717, 1.165) is 9.87 Å². The van der Waals surface area contributed by atoms with E-state index in [0.29, 0.717) is 22.2 Å². The van der Waals surface area contributed by atoms with Crippen LogP contribution in [-0.2, 0) is 21.2 Å². The van der Waals surface area contributed by atoms with Gasteiger partial charge in [0.25, 0.3) is 0 Å². The highest BCUT2D eigenvalue weighted by molar-refractivity contribution is 7.89. The number of carbonyl (C=O) groups excluding carboxylic acids is 1. The van der Waals surface area contributed by atoms with Crippen molar-refractivity contribution in [2.24, 2.45) is 0 Å². The molecule has 0 aliphatic carbocycles. The first kappa shape index (κ1) is 20.1. The molecule has 0 atom stereocenters. The number of benzene rings is 1. The zero-order valence-electron chi connectivity index (χ0n) is 15.6. The number of aromatic nitrogens is 3. The monoisotopic (exact) mass is 417 g/mol. The van der Waals surface area contributed by atoms with Crippen LogP contribution in [0.5, 0.6) is 0 Å². The molecule has 0 aliphatic heterocycles. The average Bonchev–Trinajstić information content (AvgIpc) is 3.12. The first-order valence-corrected chi connectivity index (χ1v) is 10.6. The zero-order chi connectivity index (χ0) is 20.3. The van der Waals surface area contributed by atoms with Gasteiger partial charge >= 0.3 is 0 Å². The summed E-state index contributed by atoms with van der Waals surface area (Å²) in [7, 11) is -0.657. The van der Waals surface area contributed by atoms with Gasteiger partial charge in [0.1, 0.15) is 0 Å². The Morgan fingerprint density at radius 1 is 1.21 bits per heavy atom. The van der Waals surface area contributed by atoms with Gasteiger partial charge in [0.15, 0.2) is 10.8 Å². The molecule has 0 bridgehead atoms. The third-order valence-corrected chi connectivity index (χ3v) is 6.61. The molecule has 0 spiro atoms. The molecule has 146 valence electrons. The van der Waals surface area contributed by atoms with Crippen LogP contribution in [0.25, 0.3) is 10.8 Å². The summed E-state index contributed by atoms with van der Waals surface area (Å²) in [4.78, 5) is 25.2. The summed E-state index contributed by atoms with van der Waals surface area (Å²) in [5.74, 6) is 0.227. The van der Waals surface area contributed by atoms with Crippen LogP contribution in [0.2, 0.25) is 0 Å². The van der Waals surface area contributed by atoms with Crippen molar-refractivity contribution in [2.75, 3.05) is 19.4 Å². The summed E-state index contributed by atoms with van der Waals surface area (Å²) in [6.07, 6.45) is 3.33. The van der Waals surface area contributed by atoms with Crippen molar-refractivity contribution in [3.05, 3.63) is 53.3 Å². The number of nitrogens with one attached hydrogen (secondary N) is 1. The Morgan fingerprint density at radius 2 is 1.93 bits per heavy atom. The first-order valence-electron chi connectivity index (χ1n) is 8.32. The normalized spacial score (nSPS) is 11.6. The van der Waals surface area contributed by atoms with E-state index >= 15 is 0 Å². The zero-order valence-corrected chi connectivity index (χ0v) is 17.2. The van der Waals surface area contributed by atoms with E-state index in [9.17, 15) is 13.2 Å². The van der Waals surface area contributed by atoms with Crippen LogP contribution in [0, 0.1) is 6.92 Å². The number of anilines is 1. The van der Waals surface area contributed by atoms with Crippen molar-refractivity contribution in [3.8, 4) is 10.8 Å². The molecule has 2 aromatic heterocycles. The van der Waals surface area contributed by atoms with Crippen LogP contribution < -0.4 is 5.32 Å². The van der Waals surface area contributed by atoms with Crippen molar-refractivity contribution >= 4 is 33.0 Å². The van der Waals surface area contributed by atoms with Gasteiger partial charge < -0.3 is 5.32 Å². The maximum Gasteiger partial charge on any atom is 0.242 e. The molecule has 0 fully saturated rings. The van der Waals surface area contributed by atoms with Crippen molar-refractivity contribution in [1.29, 1.82) is 0 Å². The van der Waals surface area contributed by atoms with Crippen LogP contribution in [0.4, 0.5) is 5.69 Å². The third-order valence-electron chi connectivity index (χ3n) is 3.91. The van der Waals surface area contributed by atoms with Gasteiger partial charge in [-0.25, -0.2) is 27.7 Å². The van der Waals surface area contributed by atoms with Gasteiger partial charge in [0.05, 0.1) is 17.0 Å². The lowest BCUT2D eigenvalue weighted by atomic mass is 10.2. The fraction of sp³-hybridized carbons (Fsp3) is 0.222. The number of hydrogen-bond donors (Lipinski definition) is 1. The first-order chi connectivity index (χ1) is 13.3. The van der Waals surface area contributed by atoms with Gasteiger partial charge in [-0.15, -0.1) is 11.3 Å². The SMILES string of the molecule is Cc1ccc(S(=O)(=O)N(C)C)cc1NC(=O)Cc1csc(-c2ncccn2)n1. The predicted molar refractivity (Wildman–Crippen MR) is 108 cm³/mol. The summed E-state index contributed by atoms with van der Waals surface area (Å²) in [6, 6.07) is 6.37. The Morgan fingerprint density at radius 3 is 2.61 bits per heavy atom. The number of nitrogens with zero attached hydrogens (tertiary/aromatic N) is 4. The fourth-order valence-electron chi connectivity index (χ4n) is 2.37. The summed E-state index contributed by atoms with van der Waals surface area (Å²) < 4.78 is 25.7.